The van der Waals surface area contributed by atoms with Crippen LogP contribution in [0.2, 0.25) is 0 Å². The molecule has 2 aliphatic rings. The lowest BCUT2D eigenvalue weighted by Crippen LogP contribution is -2.51. The first-order valence-electron chi connectivity index (χ1n) is 12.6. The van der Waals surface area contributed by atoms with Gasteiger partial charge in [-0.1, -0.05) is 92.1 Å². The third-order valence-electron chi connectivity index (χ3n) is 7.44. The van der Waals surface area contributed by atoms with Gasteiger partial charge < -0.3 is 15.3 Å². The molecular weight excluding hydrogens is 436 g/mol. The lowest BCUT2D eigenvalue weighted by molar-refractivity contribution is -0.124. The van der Waals surface area contributed by atoms with Gasteiger partial charge >= 0.3 is 0 Å². The van der Waals surface area contributed by atoms with E-state index >= 15 is 0 Å². The average Bonchev–Trinajstić information content (AvgIpc) is 2.93. The smallest absolute Gasteiger partial charge is 0.254 e. The van der Waals surface area contributed by atoms with Crippen LogP contribution in [0.3, 0.4) is 0 Å². The summed E-state index contributed by atoms with van der Waals surface area (Å²) in [5, 5.41) is 12.7. The molecule has 5 rings (SSSR count). The molecule has 0 radical (unpaired) electrons. The zero-order chi connectivity index (χ0) is 24.2. The van der Waals surface area contributed by atoms with Crippen molar-refractivity contribution >= 4 is 11.8 Å². The van der Waals surface area contributed by atoms with Crippen LogP contribution in [0.25, 0.3) is 0 Å². The van der Waals surface area contributed by atoms with Gasteiger partial charge in [-0.3, -0.25) is 9.59 Å². The maximum atomic E-state index is 13.9. The van der Waals surface area contributed by atoms with Crippen molar-refractivity contribution in [3.8, 4) is 0 Å². The monoisotopic (exact) mass is 468 g/mol. The summed E-state index contributed by atoms with van der Waals surface area (Å²) >= 11 is 0. The third-order valence-corrected chi connectivity index (χ3v) is 7.44. The number of carbonyl (C=O) groups is 2. The van der Waals surface area contributed by atoms with E-state index in [1.54, 1.807) is 0 Å². The fourth-order valence-electron chi connectivity index (χ4n) is 5.66. The number of benzene rings is 3. The van der Waals surface area contributed by atoms with Crippen molar-refractivity contribution in [3.05, 3.63) is 107 Å². The van der Waals surface area contributed by atoms with Gasteiger partial charge in [0, 0.05) is 18.2 Å². The second kappa shape index (κ2) is 10.4. The molecule has 1 heterocycles. The molecule has 0 unspecified atom stereocenters. The van der Waals surface area contributed by atoms with E-state index in [1.165, 1.54) is 6.42 Å². The Morgan fingerprint density at radius 3 is 2.26 bits per heavy atom. The van der Waals surface area contributed by atoms with Gasteiger partial charge in [0.2, 0.25) is 5.91 Å². The zero-order valence-corrected chi connectivity index (χ0v) is 19.9. The molecule has 1 fully saturated rings. The quantitative estimate of drug-likeness (QED) is 0.528. The molecule has 2 atom stereocenters. The van der Waals surface area contributed by atoms with Crippen molar-refractivity contribution in [3.63, 3.8) is 0 Å². The van der Waals surface area contributed by atoms with Crippen LogP contribution in [-0.4, -0.2) is 27.9 Å². The van der Waals surface area contributed by atoms with Gasteiger partial charge in [-0.2, -0.15) is 0 Å². The predicted molar refractivity (Wildman–Crippen MR) is 136 cm³/mol. The molecule has 35 heavy (non-hydrogen) atoms. The Morgan fingerprint density at radius 1 is 0.857 bits per heavy atom. The van der Waals surface area contributed by atoms with Crippen LogP contribution in [0.1, 0.15) is 76.7 Å². The molecular formula is C30H32N2O3. The number of nitrogens with zero attached hydrogens (tertiary/aromatic N) is 1. The van der Waals surface area contributed by atoms with E-state index in [9.17, 15) is 14.7 Å². The van der Waals surface area contributed by atoms with E-state index in [1.807, 2.05) is 83.8 Å². The van der Waals surface area contributed by atoms with Crippen LogP contribution in [0.5, 0.6) is 0 Å². The van der Waals surface area contributed by atoms with E-state index in [0.717, 1.165) is 47.9 Å². The number of fused-ring (bicyclic) bond motifs is 1. The molecule has 0 saturated heterocycles. The summed E-state index contributed by atoms with van der Waals surface area (Å²) in [6.45, 7) is 0.395. The largest absolute Gasteiger partial charge is 0.392 e. The molecule has 0 aromatic heterocycles. The maximum Gasteiger partial charge on any atom is 0.254 e. The van der Waals surface area contributed by atoms with Crippen molar-refractivity contribution in [2.75, 3.05) is 0 Å². The van der Waals surface area contributed by atoms with E-state index in [4.69, 9.17) is 0 Å². The minimum atomic E-state index is -0.519. The lowest BCUT2D eigenvalue weighted by Gasteiger charge is -2.46. The van der Waals surface area contributed by atoms with Crippen LogP contribution in [0.4, 0.5) is 0 Å². The zero-order valence-electron chi connectivity index (χ0n) is 19.9. The Hall–Kier alpha value is -3.44. The number of carbonyl (C=O) groups excluding carboxylic acids is 2. The fraction of sp³-hybridized carbons (Fsp3) is 0.333. The molecule has 1 saturated carbocycles. The summed E-state index contributed by atoms with van der Waals surface area (Å²) in [7, 11) is 0. The summed E-state index contributed by atoms with van der Waals surface area (Å²) in [6, 6.07) is 24.9. The Balaban J connectivity index is 1.58. The van der Waals surface area contributed by atoms with E-state index in [2.05, 4.69) is 5.32 Å². The van der Waals surface area contributed by atoms with Gasteiger partial charge in [0.1, 0.15) is 0 Å². The minimum absolute atomic E-state index is 0.0100. The Bertz CT molecular complexity index is 1170. The second-order valence-electron chi connectivity index (χ2n) is 9.62. The van der Waals surface area contributed by atoms with Gasteiger partial charge in [-0.15, -0.1) is 0 Å². The maximum absolute atomic E-state index is 13.9. The van der Waals surface area contributed by atoms with Crippen LogP contribution in [0.15, 0.2) is 78.9 Å². The molecule has 0 bridgehead atoms. The van der Waals surface area contributed by atoms with Crippen molar-refractivity contribution < 1.29 is 14.7 Å². The molecule has 1 aliphatic carbocycles. The van der Waals surface area contributed by atoms with E-state index < -0.39 is 12.0 Å². The van der Waals surface area contributed by atoms with Crippen LogP contribution < -0.4 is 5.32 Å². The third kappa shape index (κ3) is 4.73. The average molecular weight is 469 g/mol. The first-order chi connectivity index (χ1) is 17.2. The van der Waals surface area contributed by atoms with Gasteiger partial charge in [0.05, 0.1) is 18.6 Å². The van der Waals surface area contributed by atoms with Crippen molar-refractivity contribution in [1.29, 1.82) is 0 Å². The highest BCUT2D eigenvalue weighted by Gasteiger charge is 2.46. The molecule has 0 spiro atoms. The second-order valence-corrected chi connectivity index (χ2v) is 9.62. The number of rotatable bonds is 6. The number of amides is 2. The van der Waals surface area contributed by atoms with Gasteiger partial charge in [-0.05, 0) is 41.2 Å². The fourth-order valence-corrected chi connectivity index (χ4v) is 5.66. The van der Waals surface area contributed by atoms with Crippen LogP contribution >= 0.6 is 0 Å². The lowest BCUT2D eigenvalue weighted by atomic mass is 9.77. The molecule has 2 amide bonds. The van der Waals surface area contributed by atoms with Crippen molar-refractivity contribution in [2.24, 2.45) is 0 Å². The van der Waals surface area contributed by atoms with Crippen molar-refractivity contribution in [1.82, 2.24) is 10.2 Å². The first-order valence-corrected chi connectivity index (χ1v) is 12.6. The molecule has 1 aliphatic heterocycles. The minimum Gasteiger partial charge on any atom is -0.392 e. The highest BCUT2D eigenvalue weighted by molar-refractivity contribution is 6.01. The van der Waals surface area contributed by atoms with Gasteiger partial charge in [0.25, 0.3) is 5.91 Å². The molecule has 3 aromatic rings. The molecule has 3 aromatic carbocycles. The highest BCUT2D eigenvalue weighted by Crippen LogP contribution is 2.45. The number of hydrogen-bond acceptors (Lipinski definition) is 3. The normalized spacial score (nSPS) is 20.4. The van der Waals surface area contributed by atoms with E-state index in [-0.39, 0.29) is 24.5 Å². The SMILES string of the molecule is O=C(NCc1ccccc1)[C@@H]1c2ccccc2C(=O)N(C2CCCCC2)[C@H]1c1ccc(CO)cc1. The Morgan fingerprint density at radius 2 is 1.54 bits per heavy atom. The predicted octanol–water partition coefficient (Wildman–Crippen LogP) is 5.11. The number of hydrogen-bond donors (Lipinski definition) is 2. The van der Waals surface area contributed by atoms with Gasteiger partial charge in [-0.25, -0.2) is 0 Å². The van der Waals surface area contributed by atoms with Gasteiger partial charge in [0.15, 0.2) is 0 Å². The summed E-state index contributed by atoms with van der Waals surface area (Å²) < 4.78 is 0. The summed E-state index contributed by atoms with van der Waals surface area (Å²) in [5.74, 6) is -0.587. The van der Waals surface area contributed by atoms with Crippen LogP contribution in [-0.2, 0) is 17.9 Å². The summed E-state index contributed by atoms with van der Waals surface area (Å²) in [5.41, 5.74) is 4.18. The molecule has 5 heteroatoms. The Kier molecular flexibility index (Phi) is 6.96. The summed E-state index contributed by atoms with van der Waals surface area (Å²) in [4.78, 5) is 29.8. The van der Waals surface area contributed by atoms with Crippen LogP contribution in [0, 0.1) is 0 Å². The highest BCUT2D eigenvalue weighted by atomic mass is 16.3. The Labute approximate surface area is 206 Å². The topological polar surface area (TPSA) is 69.6 Å². The first kappa shape index (κ1) is 23.3. The molecule has 180 valence electrons. The van der Waals surface area contributed by atoms with E-state index in [0.29, 0.717) is 12.1 Å². The standard InChI is InChI=1S/C30H32N2O3/c33-20-22-15-17-23(18-16-22)28-27(29(34)31-19-21-9-3-1-4-10-21)25-13-7-8-14-26(25)30(35)32(28)24-11-5-2-6-12-24/h1,3-4,7-10,13-18,24,27-28,33H,2,5-6,11-12,19-20H2,(H,31,34)/t27-,28+/m1/s1. The van der Waals surface area contributed by atoms with Crippen molar-refractivity contribution in [2.45, 2.75) is 63.3 Å². The molecule has 5 nitrogen and oxygen atoms in total. The number of aliphatic hydroxyl groups excluding tert-OH is 1. The summed E-state index contributed by atoms with van der Waals surface area (Å²) in [6.07, 6.45) is 5.29. The molecule has 2 N–H and O–H groups in total. The number of nitrogens with one attached hydrogen (secondary N) is 1. The number of aliphatic hydroxyl groups is 1.